The summed E-state index contributed by atoms with van der Waals surface area (Å²) in [5, 5.41) is 0.596. The van der Waals surface area contributed by atoms with Crippen LogP contribution < -0.4 is 4.74 Å². The molecule has 0 spiro atoms. The van der Waals surface area contributed by atoms with Gasteiger partial charge in [0.15, 0.2) is 0 Å². The predicted octanol–water partition coefficient (Wildman–Crippen LogP) is 6.41. The molecule has 0 aliphatic rings. The Morgan fingerprint density at radius 3 is 2.71 bits per heavy atom. The summed E-state index contributed by atoms with van der Waals surface area (Å²) in [4.78, 5) is 1.27. The average molecular weight is 367 g/mol. The molecule has 0 aliphatic carbocycles. The van der Waals surface area contributed by atoms with Crippen LogP contribution >= 0.6 is 27.7 Å². The highest BCUT2D eigenvalue weighted by Crippen LogP contribution is 2.34. The average Bonchev–Trinajstić information content (AvgIpc) is 2.50. The molecule has 1 aromatic carbocycles. The van der Waals surface area contributed by atoms with Crippen molar-refractivity contribution in [3.63, 3.8) is 0 Å². The molecule has 0 bridgehead atoms. The molecule has 1 aromatic rings. The van der Waals surface area contributed by atoms with Crippen LogP contribution in [0.5, 0.6) is 5.75 Å². The van der Waals surface area contributed by atoms with Gasteiger partial charge >= 0.3 is 0 Å². The van der Waals surface area contributed by atoms with Gasteiger partial charge in [0.05, 0.1) is 11.6 Å². The molecule has 114 valence electrons. The molecule has 0 heterocycles. The lowest BCUT2D eigenvalue weighted by molar-refractivity contribution is 0.412. The van der Waals surface area contributed by atoms with Crippen molar-refractivity contribution in [3.05, 3.63) is 59.6 Å². The van der Waals surface area contributed by atoms with Gasteiger partial charge in [0, 0.05) is 10.1 Å². The fourth-order valence-electron chi connectivity index (χ4n) is 1.99. The highest BCUT2D eigenvalue weighted by atomic mass is 79.9. The Morgan fingerprint density at radius 1 is 1.43 bits per heavy atom. The Labute approximate surface area is 141 Å². The van der Waals surface area contributed by atoms with Crippen molar-refractivity contribution in [2.24, 2.45) is 0 Å². The number of rotatable bonds is 9. The number of allylic oxidation sites excluding steroid dienone is 4. The summed E-state index contributed by atoms with van der Waals surface area (Å²) < 4.78 is 6.27. The first kappa shape index (κ1) is 18.1. The van der Waals surface area contributed by atoms with Crippen LogP contribution in [0.3, 0.4) is 0 Å². The van der Waals surface area contributed by atoms with Gasteiger partial charge in [-0.05, 0) is 59.0 Å². The van der Waals surface area contributed by atoms with Gasteiger partial charge in [-0.1, -0.05) is 38.3 Å². The van der Waals surface area contributed by atoms with Gasteiger partial charge in [-0.3, -0.25) is 0 Å². The van der Waals surface area contributed by atoms with Gasteiger partial charge in [-0.25, -0.2) is 0 Å². The Hall–Kier alpha value is -0.930. The highest BCUT2D eigenvalue weighted by molar-refractivity contribution is 9.10. The van der Waals surface area contributed by atoms with E-state index in [1.807, 2.05) is 36.1 Å². The number of halogens is 1. The van der Waals surface area contributed by atoms with Crippen LogP contribution in [0.4, 0.5) is 0 Å². The van der Waals surface area contributed by atoms with Crippen LogP contribution in [0.15, 0.2) is 64.5 Å². The molecule has 0 amide bonds. The number of thioether (sulfide) groups is 1. The van der Waals surface area contributed by atoms with E-state index in [1.54, 1.807) is 7.11 Å². The summed E-state index contributed by atoms with van der Waals surface area (Å²) in [6, 6.07) is 6.25. The normalized spacial score (nSPS) is 12.8. The summed E-state index contributed by atoms with van der Waals surface area (Å²) in [6.45, 7) is 9.84. The first-order valence-corrected chi connectivity index (χ1v) is 8.76. The predicted molar refractivity (Wildman–Crippen MR) is 98.3 cm³/mol. The van der Waals surface area contributed by atoms with Gasteiger partial charge in [-0.2, -0.15) is 0 Å². The molecular formula is C18H23BrOS. The second-order valence-corrected chi connectivity index (χ2v) is 6.89. The van der Waals surface area contributed by atoms with Crippen molar-refractivity contribution in [2.45, 2.75) is 36.3 Å². The zero-order chi connectivity index (χ0) is 15.7. The topological polar surface area (TPSA) is 9.23 Å². The molecule has 1 rings (SSSR count). The summed E-state index contributed by atoms with van der Waals surface area (Å²) in [5.41, 5.74) is 1.25. The number of hydrogen-bond acceptors (Lipinski definition) is 2. The van der Waals surface area contributed by atoms with Crippen molar-refractivity contribution in [3.8, 4) is 5.75 Å². The summed E-state index contributed by atoms with van der Waals surface area (Å²) in [6.07, 6.45) is 9.10. The molecular weight excluding hydrogens is 344 g/mol. The minimum atomic E-state index is 0.596. The van der Waals surface area contributed by atoms with Gasteiger partial charge < -0.3 is 4.74 Å². The molecule has 1 nitrogen and oxygen atoms in total. The van der Waals surface area contributed by atoms with Gasteiger partial charge in [-0.15, -0.1) is 11.8 Å². The molecule has 1 atom stereocenters. The smallest absolute Gasteiger partial charge is 0.133 e. The van der Waals surface area contributed by atoms with Crippen molar-refractivity contribution < 1.29 is 4.74 Å². The second kappa shape index (κ2) is 9.91. The molecule has 0 radical (unpaired) electrons. The molecule has 0 aliphatic heterocycles. The van der Waals surface area contributed by atoms with Crippen molar-refractivity contribution >= 4 is 27.7 Å². The Kier molecular flexibility index (Phi) is 8.55. The fraction of sp³-hybridized carbons (Fsp3) is 0.333. The van der Waals surface area contributed by atoms with E-state index < -0.39 is 0 Å². The lowest BCUT2D eigenvalue weighted by atomic mass is 10.1. The molecule has 0 aromatic heterocycles. The van der Waals surface area contributed by atoms with E-state index in [4.69, 9.17) is 4.74 Å². The van der Waals surface area contributed by atoms with E-state index >= 15 is 0 Å². The number of hydrogen-bond donors (Lipinski definition) is 0. The van der Waals surface area contributed by atoms with Crippen molar-refractivity contribution in [2.75, 3.05) is 7.11 Å². The number of benzene rings is 1. The zero-order valence-corrected chi connectivity index (χ0v) is 15.2. The maximum absolute atomic E-state index is 5.27. The van der Waals surface area contributed by atoms with Crippen LogP contribution in [0, 0.1) is 0 Å². The third-order valence-corrected chi connectivity index (χ3v) is 5.28. The largest absolute Gasteiger partial charge is 0.496 e. The Bertz CT molecular complexity index is 508. The molecule has 0 fully saturated rings. The Balaban J connectivity index is 2.65. The van der Waals surface area contributed by atoms with Crippen molar-refractivity contribution in [1.82, 2.24) is 0 Å². The van der Waals surface area contributed by atoms with E-state index in [-0.39, 0.29) is 0 Å². The quantitative estimate of drug-likeness (QED) is 0.369. The number of ether oxygens (including phenoxy) is 1. The third kappa shape index (κ3) is 6.15. The van der Waals surface area contributed by atoms with Crippen LogP contribution in [0.1, 0.15) is 26.2 Å². The minimum absolute atomic E-state index is 0.596. The van der Waals surface area contributed by atoms with Crippen LogP contribution in [0.25, 0.3) is 0 Å². The van der Waals surface area contributed by atoms with Crippen LogP contribution in [-0.2, 0) is 0 Å². The van der Waals surface area contributed by atoms with Gasteiger partial charge in [0.1, 0.15) is 5.75 Å². The molecule has 0 N–H and O–H groups in total. The molecule has 1 unspecified atom stereocenters. The fourth-order valence-corrected chi connectivity index (χ4v) is 3.80. The lowest BCUT2D eigenvalue weighted by Crippen LogP contribution is -2.01. The standard InChI is InChI=1S/C18H23BrOS/c1-5-8-14(6-2)9-10-15(7-3)21-16-11-12-18(20-4)17(19)13-16/h5-6,8,11-13,15H,1-2,7,9-10H2,3-4H3/b14-8+. The third-order valence-electron chi connectivity index (χ3n) is 3.23. The molecule has 3 heteroatoms. The Morgan fingerprint density at radius 2 is 2.19 bits per heavy atom. The maximum Gasteiger partial charge on any atom is 0.133 e. The molecule has 0 saturated carbocycles. The summed E-state index contributed by atoms with van der Waals surface area (Å²) in [7, 11) is 1.69. The second-order valence-electron chi connectivity index (χ2n) is 4.66. The van der Waals surface area contributed by atoms with E-state index in [9.17, 15) is 0 Å². The molecule has 0 saturated heterocycles. The van der Waals surface area contributed by atoms with E-state index in [1.165, 1.54) is 10.5 Å². The van der Waals surface area contributed by atoms with Crippen LogP contribution in [-0.4, -0.2) is 12.4 Å². The lowest BCUT2D eigenvalue weighted by Gasteiger charge is -2.15. The zero-order valence-electron chi connectivity index (χ0n) is 12.8. The highest BCUT2D eigenvalue weighted by Gasteiger charge is 2.10. The van der Waals surface area contributed by atoms with Gasteiger partial charge in [0.2, 0.25) is 0 Å². The minimum Gasteiger partial charge on any atom is -0.496 e. The SMILES string of the molecule is C=C/C=C(\C=C)CCC(CC)Sc1ccc(OC)c(Br)c1. The maximum atomic E-state index is 5.27. The first-order valence-electron chi connectivity index (χ1n) is 7.08. The van der Waals surface area contributed by atoms with Crippen LogP contribution in [0.2, 0.25) is 0 Å². The number of methoxy groups -OCH3 is 1. The van der Waals surface area contributed by atoms with E-state index in [0.717, 1.165) is 29.5 Å². The van der Waals surface area contributed by atoms with E-state index in [2.05, 4.69) is 48.1 Å². The van der Waals surface area contributed by atoms with E-state index in [0.29, 0.717) is 5.25 Å². The summed E-state index contributed by atoms with van der Waals surface area (Å²) in [5.74, 6) is 0.871. The monoisotopic (exact) mass is 366 g/mol. The first-order chi connectivity index (χ1) is 10.1. The summed E-state index contributed by atoms with van der Waals surface area (Å²) >= 11 is 5.46. The van der Waals surface area contributed by atoms with Gasteiger partial charge in [0.25, 0.3) is 0 Å². The van der Waals surface area contributed by atoms with Crippen molar-refractivity contribution in [1.29, 1.82) is 0 Å². The molecule has 21 heavy (non-hydrogen) atoms.